The molecule has 0 saturated heterocycles. The summed E-state index contributed by atoms with van der Waals surface area (Å²) in [4.78, 5) is 26.2. The highest BCUT2D eigenvalue weighted by atomic mass is 35.5. The first-order valence-corrected chi connectivity index (χ1v) is 6.31. The lowest BCUT2D eigenvalue weighted by molar-refractivity contribution is -0.139. The number of rotatable bonds is 5. The highest BCUT2D eigenvalue weighted by Gasteiger charge is 2.08. The third-order valence-corrected chi connectivity index (χ3v) is 2.63. The van der Waals surface area contributed by atoms with Crippen LogP contribution in [0.2, 0.25) is 5.15 Å². The first kappa shape index (κ1) is 14.8. The minimum absolute atomic E-state index is 0.203. The Balaban J connectivity index is 2.00. The summed E-state index contributed by atoms with van der Waals surface area (Å²) in [5.74, 6) is -1.05. The predicted molar refractivity (Wildman–Crippen MR) is 76.8 cm³/mol. The van der Waals surface area contributed by atoms with E-state index in [1.807, 2.05) is 0 Å². The normalized spacial score (nSPS) is 9.95. The van der Waals surface area contributed by atoms with Crippen LogP contribution in [0.4, 0.5) is 5.69 Å². The quantitative estimate of drug-likeness (QED) is 0.828. The molecule has 1 aromatic carbocycles. The highest BCUT2D eigenvalue weighted by Crippen LogP contribution is 2.16. The molecule has 0 radical (unpaired) electrons. The fraction of sp³-hybridized carbons (Fsp3) is 0.0714. The van der Waals surface area contributed by atoms with Gasteiger partial charge in [-0.1, -0.05) is 17.7 Å². The summed E-state index contributed by atoms with van der Waals surface area (Å²) in [7, 11) is 0. The van der Waals surface area contributed by atoms with Crippen molar-refractivity contribution >= 4 is 29.2 Å². The van der Waals surface area contributed by atoms with Crippen LogP contribution in [0.1, 0.15) is 10.5 Å². The Kier molecular flexibility index (Phi) is 4.73. The van der Waals surface area contributed by atoms with Crippen LogP contribution < -0.4 is 10.1 Å². The maximum Gasteiger partial charge on any atom is 0.341 e. The van der Waals surface area contributed by atoms with E-state index in [4.69, 9.17) is 21.4 Å². The maximum atomic E-state index is 11.9. The lowest BCUT2D eigenvalue weighted by Gasteiger charge is -2.07. The standard InChI is InChI=1S/C14H11ClN2O4/c15-12-3-1-2-11(17-12)14(20)16-9-4-6-10(7-5-9)21-8-13(18)19/h1-7H,8H2,(H,16,20)(H,18,19). The molecule has 1 amide bonds. The van der Waals surface area contributed by atoms with E-state index >= 15 is 0 Å². The Morgan fingerprint density at radius 3 is 2.52 bits per heavy atom. The average Bonchev–Trinajstić information content (AvgIpc) is 2.46. The molecule has 6 nitrogen and oxygen atoms in total. The van der Waals surface area contributed by atoms with Gasteiger partial charge in [0.2, 0.25) is 0 Å². The Bertz CT molecular complexity index is 658. The monoisotopic (exact) mass is 306 g/mol. The number of nitrogens with one attached hydrogen (secondary N) is 1. The van der Waals surface area contributed by atoms with Gasteiger partial charge >= 0.3 is 5.97 Å². The number of hydrogen-bond acceptors (Lipinski definition) is 4. The number of nitrogens with zero attached hydrogens (tertiary/aromatic N) is 1. The Morgan fingerprint density at radius 2 is 1.90 bits per heavy atom. The number of aromatic nitrogens is 1. The van der Waals surface area contributed by atoms with Crippen molar-refractivity contribution in [3.63, 3.8) is 0 Å². The van der Waals surface area contributed by atoms with E-state index in [-0.39, 0.29) is 10.8 Å². The molecular formula is C14H11ClN2O4. The molecule has 108 valence electrons. The average molecular weight is 307 g/mol. The fourth-order valence-electron chi connectivity index (χ4n) is 1.51. The molecule has 0 bridgehead atoms. The Labute approximate surface area is 125 Å². The predicted octanol–water partition coefficient (Wildman–Crippen LogP) is 2.45. The summed E-state index contributed by atoms with van der Waals surface area (Å²) in [5, 5.41) is 11.4. The number of amides is 1. The van der Waals surface area contributed by atoms with Crippen molar-refractivity contribution in [2.24, 2.45) is 0 Å². The molecule has 0 unspecified atom stereocenters. The third kappa shape index (κ3) is 4.47. The first-order valence-electron chi connectivity index (χ1n) is 5.93. The van der Waals surface area contributed by atoms with Crippen LogP contribution in [-0.2, 0) is 4.79 Å². The number of carbonyl (C=O) groups excluding carboxylic acids is 1. The second-order valence-electron chi connectivity index (χ2n) is 4.01. The number of anilines is 1. The van der Waals surface area contributed by atoms with Gasteiger partial charge in [-0.2, -0.15) is 0 Å². The van der Waals surface area contributed by atoms with Gasteiger partial charge in [-0.25, -0.2) is 9.78 Å². The lowest BCUT2D eigenvalue weighted by Crippen LogP contribution is -2.13. The third-order valence-electron chi connectivity index (χ3n) is 2.42. The van der Waals surface area contributed by atoms with Crippen molar-refractivity contribution in [3.05, 3.63) is 53.3 Å². The summed E-state index contributed by atoms with van der Waals surface area (Å²) < 4.78 is 4.99. The molecule has 0 aliphatic heterocycles. The van der Waals surface area contributed by atoms with E-state index in [1.165, 1.54) is 0 Å². The minimum Gasteiger partial charge on any atom is -0.482 e. The number of carboxylic acid groups (broad SMARTS) is 1. The second-order valence-corrected chi connectivity index (χ2v) is 4.39. The zero-order valence-electron chi connectivity index (χ0n) is 10.7. The second kappa shape index (κ2) is 6.71. The van der Waals surface area contributed by atoms with Crippen molar-refractivity contribution < 1.29 is 19.4 Å². The molecule has 0 atom stereocenters. The number of carbonyl (C=O) groups is 2. The number of halogens is 1. The van der Waals surface area contributed by atoms with Crippen LogP contribution >= 0.6 is 11.6 Å². The zero-order chi connectivity index (χ0) is 15.2. The Morgan fingerprint density at radius 1 is 1.19 bits per heavy atom. The summed E-state index contributed by atoms with van der Waals surface area (Å²) in [5.41, 5.74) is 0.734. The summed E-state index contributed by atoms with van der Waals surface area (Å²) in [6, 6.07) is 11.1. The summed E-state index contributed by atoms with van der Waals surface area (Å²) in [6.45, 7) is -0.419. The van der Waals surface area contributed by atoms with Crippen LogP contribution in [0.25, 0.3) is 0 Å². The van der Waals surface area contributed by atoms with Gasteiger partial charge in [-0.3, -0.25) is 4.79 Å². The van der Waals surface area contributed by atoms with E-state index in [9.17, 15) is 9.59 Å². The molecule has 0 aliphatic carbocycles. The maximum absolute atomic E-state index is 11.9. The molecule has 1 heterocycles. The van der Waals surface area contributed by atoms with Crippen LogP contribution in [0.5, 0.6) is 5.75 Å². The molecule has 7 heteroatoms. The highest BCUT2D eigenvalue weighted by molar-refractivity contribution is 6.29. The van der Waals surface area contributed by atoms with Crippen LogP contribution in [0.15, 0.2) is 42.5 Å². The van der Waals surface area contributed by atoms with Gasteiger partial charge in [0.1, 0.15) is 16.6 Å². The number of hydrogen-bond donors (Lipinski definition) is 2. The van der Waals surface area contributed by atoms with Gasteiger partial charge < -0.3 is 15.2 Å². The molecule has 21 heavy (non-hydrogen) atoms. The molecule has 0 aliphatic rings. The molecule has 0 spiro atoms. The number of ether oxygens (including phenoxy) is 1. The van der Waals surface area contributed by atoms with Crippen molar-refractivity contribution in [2.45, 2.75) is 0 Å². The molecule has 0 saturated carbocycles. The van der Waals surface area contributed by atoms with E-state index in [0.29, 0.717) is 11.4 Å². The molecule has 0 fully saturated rings. The number of benzene rings is 1. The SMILES string of the molecule is O=C(O)COc1ccc(NC(=O)c2cccc(Cl)n2)cc1. The van der Waals surface area contributed by atoms with Gasteiger partial charge in [-0.15, -0.1) is 0 Å². The molecule has 1 aromatic heterocycles. The molecular weight excluding hydrogens is 296 g/mol. The van der Waals surface area contributed by atoms with Crippen molar-refractivity contribution in [3.8, 4) is 5.75 Å². The van der Waals surface area contributed by atoms with Crippen molar-refractivity contribution in [1.29, 1.82) is 0 Å². The van der Waals surface area contributed by atoms with Gasteiger partial charge in [-0.05, 0) is 36.4 Å². The van der Waals surface area contributed by atoms with E-state index in [0.717, 1.165) is 0 Å². The van der Waals surface area contributed by atoms with Crippen molar-refractivity contribution in [2.75, 3.05) is 11.9 Å². The molecule has 2 rings (SSSR count). The van der Waals surface area contributed by atoms with Gasteiger partial charge in [0.05, 0.1) is 0 Å². The van der Waals surface area contributed by atoms with E-state index in [1.54, 1.807) is 42.5 Å². The van der Waals surface area contributed by atoms with Crippen LogP contribution in [0, 0.1) is 0 Å². The van der Waals surface area contributed by atoms with E-state index < -0.39 is 18.5 Å². The number of aliphatic carboxylic acids is 1. The van der Waals surface area contributed by atoms with Gasteiger partial charge in [0.25, 0.3) is 5.91 Å². The van der Waals surface area contributed by atoms with Gasteiger partial charge in [0, 0.05) is 5.69 Å². The van der Waals surface area contributed by atoms with Crippen molar-refractivity contribution in [1.82, 2.24) is 4.98 Å². The van der Waals surface area contributed by atoms with E-state index in [2.05, 4.69) is 10.3 Å². The minimum atomic E-state index is -1.06. The lowest BCUT2D eigenvalue weighted by atomic mass is 10.3. The van der Waals surface area contributed by atoms with Crippen LogP contribution in [-0.4, -0.2) is 28.6 Å². The molecule has 2 aromatic rings. The van der Waals surface area contributed by atoms with Crippen LogP contribution in [0.3, 0.4) is 0 Å². The summed E-state index contributed by atoms with van der Waals surface area (Å²) in [6.07, 6.45) is 0. The summed E-state index contributed by atoms with van der Waals surface area (Å²) >= 11 is 5.72. The smallest absolute Gasteiger partial charge is 0.341 e. The largest absolute Gasteiger partial charge is 0.482 e. The zero-order valence-corrected chi connectivity index (χ0v) is 11.5. The number of pyridine rings is 1. The molecule has 2 N–H and O–H groups in total. The Hall–Kier alpha value is -2.60. The van der Waals surface area contributed by atoms with Gasteiger partial charge in [0.15, 0.2) is 6.61 Å². The fourth-order valence-corrected chi connectivity index (χ4v) is 1.67. The first-order chi connectivity index (χ1) is 10.0. The topological polar surface area (TPSA) is 88.5 Å². The number of carboxylic acids is 1.